The van der Waals surface area contributed by atoms with Crippen molar-refractivity contribution in [2.75, 3.05) is 20.1 Å². The predicted molar refractivity (Wildman–Crippen MR) is 119 cm³/mol. The highest BCUT2D eigenvalue weighted by Gasteiger charge is 2.06. The number of hydrogen-bond donors (Lipinski definition) is 4. The summed E-state index contributed by atoms with van der Waals surface area (Å²) in [5.74, 6) is 0.764. The van der Waals surface area contributed by atoms with E-state index in [0.717, 1.165) is 13.0 Å². The molecule has 0 saturated carbocycles. The van der Waals surface area contributed by atoms with Crippen LogP contribution >= 0.6 is 24.0 Å². The fraction of sp³-hybridized carbons (Fsp3) is 0.474. The number of benzene rings is 1. The van der Waals surface area contributed by atoms with Crippen LogP contribution in [0.3, 0.4) is 0 Å². The average Bonchev–Trinajstić information content (AvgIpc) is 2.94. The van der Waals surface area contributed by atoms with E-state index in [4.69, 9.17) is 0 Å². The maximum atomic E-state index is 11.6. The van der Waals surface area contributed by atoms with Gasteiger partial charge in [0.2, 0.25) is 5.91 Å². The highest BCUT2D eigenvalue weighted by atomic mass is 127. The third kappa shape index (κ3) is 6.86. The van der Waals surface area contributed by atoms with Gasteiger partial charge in [-0.2, -0.15) is 0 Å². The zero-order valence-electron chi connectivity index (χ0n) is 16.0. The van der Waals surface area contributed by atoms with Crippen LogP contribution in [0.15, 0.2) is 29.4 Å². The maximum Gasteiger partial charge on any atom is 0.221 e. The molecular weight excluding hydrogens is 441 g/mol. The van der Waals surface area contributed by atoms with Gasteiger partial charge in [-0.1, -0.05) is 12.1 Å². The lowest BCUT2D eigenvalue weighted by Gasteiger charge is -2.12. The molecule has 0 aliphatic carbocycles. The second-order valence-corrected chi connectivity index (χ2v) is 6.51. The van der Waals surface area contributed by atoms with Crippen molar-refractivity contribution in [3.63, 3.8) is 0 Å². The van der Waals surface area contributed by atoms with Gasteiger partial charge in [-0.15, -0.1) is 24.0 Å². The van der Waals surface area contributed by atoms with E-state index >= 15 is 0 Å². The largest absolute Gasteiger partial charge is 0.361 e. The summed E-state index contributed by atoms with van der Waals surface area (Å²) in [7, 11) is 1.73. The molecule has 1 aromatic carbocycles. The lowest BCUT2D eigenvalue weighted by atomic mass is 10.1. The number of H-pyrrole nitrogens is 1. The molecule has 0 radical (unpaired) electrons. The molecule has 0 fully saturated rings. The molecule has 0 spiro atoms. The number of carbonyl (C=O) groups excluding carboxylic acids is 1. The van der Waals surface area contributed by atoms with Crippen molar-refractivity contribution in [2.45, 2.75) is 39.7 Å². The molecule has 1 amide bonds. The van der Waals surface area contributed by atoms with Crippen LogP contribution in [0.1, 0.15) is 31.4 Å². The highest BCUT2D eigenvalue weighted by Crippen LogP contribution is 2.19. The summed E-state index contributed by atoms with van der Waals surface area (Å²) in [5, 5.41) is 10.6. The number of nitrogens with zero attached hydrogens (tertiary/aromatic N) is 1. The Labute approximate surface area is 172 Å². The second kappa shape index (κ2) is 11.1. The molecular formula is C19H30IN5O. The van der Waals surface area contributed by atoms with Crippen LogP contribution in [-0.2, 0) is 11.2 Å². The zero-order chi connectivity index (χ0) is 18.2. The summed E-state index contributed by atoms with van der Waals surface area (Å²) < 4.78 is 0. The molecule has 0 atom stereocenters. The molecule has 0 saturated heterocycles. The summed E-state index contributed by atoms with van der Waals surface area (Å²) in [6, 6.07) is 6.63. The molecule has 1 heterocycles. The van der Waals surface area contributed by atoms with Crippen molar-refractivity contribution in [2.24, 2.45) is 4.99 Å². The van der Waals surface area contributed by atoms with Crippen molar-refractivity contribution in [1.82, 2.24) is 20.9 Å². The van der Waals surface area contributed by atoms with Gasteiger partial charge in [0.05, 0.1) is 0 Å². The van der Waals surface area contributed by atoms with E-state index in [9.17, 15) is 4.79 Å². The normalized spacial score (nSPS) is 11.3. The molecule has 7 heteroatoms. The van der Waals surface area contributed by atoms with Crippen LogP contribution < -0.4 is 16.0 Å². The van der Waals surface area contributed by atoms with E-state index in [1.807, 2.05) is 13.8 Å². The molecule has 0 unspecified atom stereocenters. The van der Waals surface area contributed by atoms with Crippen LogP contribution in [0.4, 0.5) is 0 Å². The summed E-state index contributed by atoms with van der Waals surface area (Å²) in [4.78, 5) is 19.1. The van der Waals surface area contributed by atoms with Crippen molar-refractivity contribution in [3.8, 4) is 0 Å². The average molecular weight is 471 g/mol. The van der Waals surface area contributed by atoms with Gasteiger partial charge in [0.15, 0.2) is 5.96 Å². The van der Waals surface area contributed by atoms with Gasteiger partial charge in [-0.05, 0) is 44.4 Å². The highest BCUT2D eigenvalue weighted by molar-refractivity contribution is 14.0. The van der Waals surface area contributed by atoms with Crippen LogP contribution in [-0.4, -0.2) is 43.0 Å². The van der Waals surface area contributed by atoms with E-state index in [-0.39, 0.29) is 35.9 Å². The summed E-state index contributed by atoms with van der Waals surface area (Å²) in [5.41, 5.74) is 3.72. The van der Waals surface area contributed by atoms with Gasteiger partial charge in [-0.3, -0.25) is 9.79 Å². The minimum absolute atomic E-state index is 0. The Kier molecular flexibility index (Phi) is 9.47. The quantitative estimate of drug-likeness (QED) is 0.285. The topological polar surface area (TPSA) is 81.3 Å². The number of halogens is 1. The number of amides is 1. The van der Waals surface area contributed by atoms with Crippen molar-refractivity contribution in [3.05, 3.63) is 35.5 Å². The van der Waals surface area contributed by atoms with Gasteiger partial charge in [0.1, 0.15) is 0 Å². The lowest BCUT2D eigenvalue weighted by Crippen LogP contribution is -2.40. The minimum Gasteiger partial charge on any atom is -0.361 e. The number of aromatic amines is 1. The van der Waals surface area contributed by atoms with E-state index in [1.165, 1.54) is 22.0 Å². The molecule has 0 aliphatic rings. The van der Waals surface area contributed by atoms with Gasteiger partial charge < -0.3 is 20.9 Å². The van der Waals surface area contributed by atoms with Gasteiger partial charge in [0.25, 0.3) is 0 Å². The third-order valence-corrected chi connectivity index (χ3v) is 3.93. The lowest BCUT2D eigenvalue weighted by molar-refractivity contribution is -0.121. The van der Waals surface area contributed by atoms with Crippen LogP contribution in [0, 0.1) is 6.92 Å². The Bertz CT molecular complexity index is 739. The molecule has 2 aromatic rings. The standard InChI is InChI=1S/C19H29N5O.HI/c1-13(2)24-18(25)8-10-22-19(20-4)21-9-7-15-12-23-17-11-14(3)5-6-16(15)17;/h5-6,11-13,23H,7-10H2,1-4H3,(H,24,25)(H2,20,21,22);1H. The van der Waals surface area contributed by atoms with Gasteiger partial charge >= 0.3 is 0 Å². The molecule has 144 valence electrons. The number of aryl methyl sites for hydroxylation is 1. The number of hydrogen-bond acceptors (Lipinski definition) is 2. The van der Waals surface area contributed by atoms with E-state index in [2.05, 4.69) is 57.2 Å². The van der Waals surface area contributed by atoms with Crippen LogP contribution in [0.2, 0.25) is 0 Å². The fourth-order valence-electron chi connectivity index (χ4n) is 2.73. The number of nitrogens with one attached hydrogen (secondary N) is 4. The van der Waals surface area contributed by atoms with E-state index < -0.39 is 0 Å². The molecule has 2 rings (SSSR count). The molecule has 0 bridgehead atoms. The molecule has 6 nitrogen and oxygen atoms in total. The third-order valence-electron chi connectivity index (χ3n) is 3.93. The SMILES string of the molecule is CN=C(NCCC(=O)NC(C)C)NCCc1c[nH]c2cc(C)ccc12.I. The summed E-state index contributed by atoms with van der Waals surface area (Å²) in [6.45, 7) is 7.34. The Morgan fingerprint density at radius 1 is 1.23 bits per heavy atom. The van der Waals surface area contributed by atoms with Crippen molar-refractivity contribution in [1.29, 1.82) is 0 Å². The summed E-state index contributed by atoms with van der Waals surface area (Å²) in [6.07, 6.45) is 3.40. The number of aromatic nitrogens is 1. The number of carbonyl (C=O) groups is 1. The number of fused-ring (bicyclic) bond motifs is 1. The minimum atomic E-state index is 0. The first-order valence-electron chi connectivity index (χ1n) is 8.80. The number of rotatable bonds is 7. The van der Waals surface area contributed by atoms with Crippen LogP contribution in [0.25, 0.3) is 10.9 Å². The predicted octanol–water partition coefficient (Wildman–Crippen LogP) is 2.72. The van der Waals surface area contributed by atoms with Crippen molar-refractivity contribution >= 4 is 46.7 Å². The first-order valence-corrected chi connectivity index (χ1v) is 8.80. The van der Waals surface area contributed by atoms with E-state index in [0.29, 0.717) is 18.9 Å². The molecule has 4 N–H and O–H groups in total. The Morgan fingerprint density at radius 2 is 1.96 bits per heavy atom. The second-order valence-electron chi connectivity index (χ2n) is 6.51. The summed E-state index contributed by atoms with van der Waals surface area (Å²) >= 11 is 0. The number of guanidine groups is 1. The Balaban J connectivity index is 0.00000338. The first-order chi connectivity index (χ1) is 12.0. The Hall–Kier alpha value is -1.77. The molecule has 26 heavy (non-hydrogen) atoms. The maximum absolute atomic E-state index is 11.6. The molecule has 1 aromatic heterocycles. The monoisotopic (exact) mass is 471 g/mol. The Morgan fingerprint density at radius 3 is 2.65 bits per heavy atom. The smallest absolute Gasteiger partial charge is 0.221 e. The van der Waals surface area contributed by atoms with E-state index in [1.54, 1.807) is 7.05 Å². The fourth-order valence-corrected chi connectivity index (χ4v) is 2.73. The van der Waals surface area contributed by atoms with Gasteiger partial charge in [0, 0.05) is 49.7 Å². The number of aliphatic imine (C=N–C) groups is 1. The van der Waals surface area contributed by atoms with Crippen LogP contribution in [0.5, 0.6) is 0 Å². The first kappa shape index (κ1) is 22.3. The van der Waals surface area contributed by atoms with Gasteiger partial charge in [-0.25, -0.2) is 0 Å². The zero-order valence-corrected chi connectivity index (χ0v) is 18.3. The van der Waals surface area contributed by atoms with Crippen molar-refractivity contribution < 1.29 is 4.79 Å². The molecule has 0 aliphatic heterocycles.